The molecule has 3 heterocycles. The van der Waals surface area contributed by atoms with Crippen molar-refractivity contribution in [2.24, 2.45) is 0 Å². The highest BCUT2D eigenvalue weighted by molar-refractivity contribution is 5.04. The number of pyridine rings is 1. The lowest BCUT2D eigenvalue weighted by molar-refractivity contribution is 0.0671. The van der Waals surface area contributed by atoms with Crippen LogP contribution in [-0.2, 0) is 17.8 Å². The molecule has 2 aromatic heterocycles. The fourth-order valence-corrected chi connectivity index (χ4v) is 2.59. The Morgan fingerprint density at radius 3 is 3.05 bits per heavy atom. The summed E-state index contributed by atoms with van der Waals surface area (Å²) in [5.74, 6) is 0. The molecule has 0 amide bonds. The molecule has 5 heteroatoms. The Morgan fingerprint density at radius 2 is 2.35 bits per heavy atom. The molecule has 3 rings (SSSR count). The number of nitrogens with one attached hydrogen (secondary N) is 1. The molecule has 0 aromatic carbocycles. The van der Waals surface area contributed by atoms with Gasteiger partial charge in [0.15, 0.2) is 0 Å². The van der Waals surface area contributed by atoms with Crippen LogP contribution in [-0.4, -0.2) is 39.1 Å². The van der Waals surface area contributed by atoms with Gasteiger partial charge in [-0.25, -0.2) is 4.98 Å². The van der Waals surface area contributed by atoms with E-state index in [0.717, 1.165) is 44.0 Å². The summed E-state index contributed by atoms with van der Waals surface area (Å²) in [6.07, 6.45) is 8.12. The maximum Gasteiger partial charge on any atom is 0.0922 e. The number of H-pyrrole nitrogens is 1. The van der Waals surface area contributed by atoms with E-state index in [0.29, 0.717) is 6.10 Å². The zero-order chi connectivity index (χ0) is 13.6. The number of aromatic amines is 1. The molecule has 0 spiro atoms. The van der Waals surface area contributed by atoms with E-state index < -0.39 is 0 Å². The van der Waals surface area contributed by atoms with Crippen molar-refractivity contribution in [1.29, 1.82) is 0 Å². The normalized spacial score (nSPS) is 18.8. The number of hydrogen-bond acceptors (Lipinski definition) is 4. The van der Waals surface area contributed by atoms with E-state index in [9.17, 15) is 0 Å². The van der Waals surface area contributed by atoms with Gasteiger partial charge in [-0.2, -0.15) is 0 Å². The van der Waals surface area contributed by atoms with Crippen molar-refractivity contribution in [2.45, 2.75) is 32.0 Å². The molecule has 1 N–H and O–H groups in total. The van der Waals surface area contributed by atoms with Crippen molar-refractivity contribution < 1.29 is 4.74 Å². The average molecular weight is 272 g/mol. The molecule has 5 nitrogen and oxygen atoms in total. The average Bonchev–Trinajstić information content (AvgIpc) is 3.13. The minimum Gasteiger partial charge on any atom is -0.377 e. The predicted molar refractivity (Wildman–Crippen MR) is 75.9 cm³/mol. The first-order chi connectivity index (χ1) is 9.90. The molecule has 1 aliphatic heterocycles. The van der Waals surface area contributed by atoms with Gasteiger partial charge in [-0.15, -0.1) is 0 Å². The summed E-state index contributed by atoms with van der Waals surface area (Å²) in [5.41, 5.74) is 2.21. The Morgan fingerprint density at radius 1 is 1.35 bits per heavy atom. The molecule has 0 aliphatic carbocycles. The Hall–Kier alpha value is -1.72. The van der Waals surface area contributed by atoms with Crippen LogP contribution in [0.1, 0.15) is 24.2 Å². The molecule has 1 saturated heterocycles. The third-order valence-corrected chi connectivity index (χ3v) is 3.55. The molecular formula is C15H20N4O. The van der Waals surface area contributed by atoms with Crippen LogP contribution in [0.2, 0.25) is 0 Å². The summed E-state index contributed by atoms with van der Waals surface area (Å²) in [7, 11) is 0. The van der Waals surface area contributed by atoms with Crippen molar-refractivity contribution in [3.05, 3.63) is 48.3 Å². The van der Waals surface area contributed by atoms with Crippen LogP contribution in [0.15, 0.2) is 36.9 Å². The highest BCUT2D eigenvalue weighted by Crippen LogP contribution is 2.16. The number of rotatable bonds is 6. The molecule has 1 atom stereocenters. The smallest absolute Gasteiger partial charge is 0.0922 e. The number of ether oxygens (including phenoxy) is 1. The zero-order valence-corrected chi connectivity index (χ0v) is 11.5. The van der Waals surface area contributed by atoms with E-state index in [-0.39, 0.29) is 0 Å². The Balaban J connectivity index is 1.65. The van der Waals surface area contributed by atoms with Gasteiger partial charge in [0.25, 0.3) is 0 Å². The molecular weight excluding hydrogens is 252 g/mol. The monoisotopic (exact) mass is 272 g/mol. The fourth-order valence-electron chi connectivity index (χ4n) is 2.59. The van der Waals surface area contributed by atoms with Crippen LogP contribution < -0.4 is 0 Å². The van der Waals surface area contributed by atoms with E-state index in [1.54, 1.807) is 6.33 Å². The minimum atomic E-state index is 0.349. The van der Waals surface area contributed by atoms with Gasteiger partial charge in [-0.1, -0.05) is 6.07 Å². The summed E-state index contributed by atoms with van der Waals surface area (Å²) in [6, 6.07) is 6.04. The number of imidazole rings is 1. The standard InChI is InChI=1S/C15H20N4O/c1-2-6-17-13(4-1)9-19(10-14-8-16-12-18-14)11-15-5-3-7-20-15/h1-2,4,6,8,12,15H,3,5,7,9-11H2,(H,16,18)/t15-/m0/s1. The molecule has 2 aromatic rings. The lowest BCUT2D eigenvalue weighted by Crippen LogP contribution is -2.31. The first-order valence-corrected chi connectivity index (χ1v) is 7.11. The lowest BCUT2D eigenvalue weighted by atomic mass is 10.2. The second kappa shape index (κ2) is 6.63. The van der Waals surface area contributed by atoms with Crippen molar-refractivity contribution in [1.82, 2.24) is 19.9 Å². The summed E-state index contributed by atoms with van der Waals surface area (Å²) in [5, 5.41) is 0. The van der Waals surface area contributed by atoms with E-state index >= 15 is 0 Å². The van der Waals surface area contributed by atoms with Crippen LogP contribution in [0.25, 0.3) is 0 Å². The molecule has 1 aliphatic rings. The van der Waals surface area contributed by atoms with Crippen molar-refractivity contribution in [2.75, 3.05) is 13.2 Å². The quantitative estimate of drug-likeness (QED) is 0.873. The highest BCUT2D eigenvalue weighted by Gasteiger charge is 2.20. The van der Waals surface area contributed by atoms with Crippen LogP contribution >= 0.6 is 0 Å². The van der Waals surface area contributed by atoms with Crippen molar-refractivity contribution >= 4 is 0 Å². The minimum absolute atomic E-state index is 0.349. The Bertz CT molecular complexity index is 494. The topological polar surface area (TPSA) is 54.0 Å². The maximum absolute atomic E-state index is 5.75. The summed E-state index contributed by atoms with van der Waals surface area (Å²) in [4.78, 5) is 14.0. The number of nitrogens with zero attached hydrogens (tertiary/aromatic N) is 3. The fraction of sp³-hybridized carbons (Fsp3) is 0.467. The molecule has 0 radical (unpaired) electrons. The second-order valence-electron chi connectivity index (χ2n) is 5.20. The van der Waals surface area contributed by atoms with Gasteiger partial charge in [-0.05, 0) is 25.0 Å². The van der Waals surface area contributed by atoms with Gasteiger partial charge < -0.3 is 9.72 Å². The Labute approximate surface area is 119 Å². The zero-order valence-electron chi connectivity index (χ0n) is 11.5. The largest absolute Gasteiger partial charge is 0.377 e. The van der Waals surface area contributed by atoms with Gasteiger partial charge in [-0.3, -0.25) is 9.88 Å². The SMILES string of the molecule is c1ccc(CN(Cc2cnc[nH]2)C[C@@H]2CCCO2)nc1. The van der Waals surface area contributed by atoms with Gasteiger partial charge in [0, 0.05) is 44.3 Å². The molecule has 1 fully saturated rings. The molecule has 106 valence electrons. The predicted octanol–water partition coefficient (Wildman–Crippen LogP) is 1.99. The van der Waals surface area contributed by atoms with Crippen LogP contribution in [0.5, 0.6) is 0 Å². The maximum atomic E-state index is 5.75. The van der Waals surface area contributed by atoms with E-state index in [1.807, 2.05) is 24.5 Å². The van der Waals surface area contributed by atoms with Crippen LogP contribution in [0.3, 0.4) is 0 Å². The number of hydrogen-bond donors (Lipinski definition) is 1. The highest BCUT2D eigenvalue weighted by atomic mass is 16.5. The molecule has 0 bridgehead atoms. The van der Waals surface area contributed by atoms with Gasteiger partial charge in [0.05, 0.1) is 18.1 Å². The lowest BCUT2D eigenvalue weighted by Gasteiger charge is -2.24. The van der Waals surface area contributed by atoms with Crippen LogP contribution in [0, 0.1) is 0 Å². The first-order valence-electron chi connectivity index (χ1n) is 7.11. The molecule has 0 saturated carbocycles. The van der Waals surface area contributed by atoms with Gasteiger partial charge in [0.1, 0.15) is 0 Å². The summed E-state index contributed by atoms with van der Waals surface area (Å²) in [6.45, 7) is 3.51. The van der Waals surface area contributed by atoms with E-state index in [4.69, 9.17) is 4.74 Å². The third kappa shape index (κ3) is 3.65. The van der Waals surface area contributed by atoms with Gasteiger partial charge >= 0.3 is 0 Å². The summed E-state index contributed by atoms with van der Waals surface area (Å²) >= 11 is 0. The Kier molecular flexibility index (Phi) is 4.40. The van der Waals surface area contributed by atoms with Crippen molar-refractivity contribution in [3.63, 3.8) is 0 Å². The molecule has 0 unspecified atom stereocenters. The third-order valence-electron chi connectivity index (χ3n) is 3.55. The van der Waals surface area contributed by atoms with Crippen LogP contribution in [0.4, 0.5) is 0 Å². The van der Waals surface area contributed by atoms with E-state index in [2.05, 4.69) is 25.9 Å². The van der Waals surface area contributed by atoms with E-state index in [1.165, 1.54) is 6.42 Å². The van der Waals surface area contributed by atoms with Gasteiger partial charge in [0.2, 0.25) is 0 Å². The molecule has 20 heavy (non-hydrogen) atoms. The first kappa shape index (κ1) is 13.3. The van der Waals surface area contributed by atoms with Crippen molar-refractivity contribution in [3.8, 4) is 0 Å². The second-order valence-corrected chi connectivity index (χ2v) is 5.20. The number of aromatic nitrogens is 3. The summed E-state index contributed by atoms with van der Waals surface area (Å²) < 4.78 is 5.75.